The predicted molar refractivity (Wildman–Crippen MR) is 82.5 cm³/mol. The number of nitrogens with one attached hydrogen (secondary N) is 1. The van der Waals surface area contributed by atoms with Crippen LogP contribution in [-0.2, 0) is 0 Å². The number of hydrazine groups is 1. The number of hydrogen-bond acceptors (Lipinski definition) is 5. The molecule has 0 bridgehead atoms. The SMILES string of the molecule is NNC(c1cc(Cl)cnc1N)c1ncc(Br)cc1Br. The molecule has 2 aromatic rings. The second kappa shape index (κ2) is 6.15. The summed E-state index contributed by atoms with van der Waals surface area (Å²) in [7, 11) is 0. The summed E-state index contributed by atoms with van der Waals surface area (Å²) in [6.45, 7) is 0. The first-order chi connectivity index (χ1) is 9.02. The van der Waals surface area contributed by atoms with Crippen molar-refractivity contribution in [1.29, 1.82) is 0 Å². The standard InChI is InChI=1S/C11H10Br2ClN5/c12-5-1-8(13)10(17-3-5)9(19-16)7-2-6(14)4-18-11(7)15/h1-4,9,19H,16H2,(H2,15,18). The number of rotatable bonds is 3. The van der Waals surface area contributed by atoms with Crippen molar-refractivity contribution in [3.63, 3.8) is 0 Å². The molecule has 2 heterocycles. The summed E-state index contributed by atoms with van der Waals surface area (Å²) in [5.41, 5.74) is 9.91. The molecule has 0 aliphatic rings. The average Bonchev–Trinajstić information content (AvgIpc) is 2.36. The van der Waals surface area contributed by atoms with Crippen LogP contribution in [0.2, 0.25) is 5.02 Å². The van der Waals surface area contributed by atoms with Gasteiger partial charge < -0.3 is 5.73 Å². The monoisotopic (exact) mass is 405 g/mol. The number of nitrogens with two attached hydrogens (primary N) is 2. The van der Waals surface area contributed by atoms with Gasteiger partial charge in [0.2, 0.25) is 0 Å². The first kappa shape index (κ1) is 14.7. The van der Waals surface area contributed by atoms with E-state index in [9.17, 15) is 0 Å². The van der Waals surface area contributed by atoms with E-state index in [1.54, 1.807) is 12.3 Å². The van der Waals surface area contributed by atoms with E-state index in [0.29, 0.717) is 22.1 Å². The van der Waals surface area contributed by atoms with Gasteiger partial charge in [-0.1, -0.05) is 11.6 Å². The third-order valence-electron chi connectivity index (χ3n) is 2.50. The highest BCUT2D eigenvalue weighted by Crippen LogP contribution is 2.31. The molecular formula is C11H10Br2ClN5. The van der Waals surface area contributed by atoms with Crippen LogP contribution in [0.5, 0.6) is 0 Å². The molecule has 0 amide bonds. The summed E-state index contributed by atoms with van der Waals surface area (Å²) in [4.78, 5) is 8.35. The number of anilines is 1. The molecule has 19 heavy (non-hydrogen) atoms. The number of pyridine rings is 2. The summed E-state index contributed by atoms with van der Waals surface area (Å²) in [5.74, 6) is 5.96. The van der Waals surface area contributed by atoms with Gasteiger partial charge in [-0.2, -0.15) is 0 Å². The van der Waals surface area contributed by atoms with Crippen LogP contribution in [0.1, 0.15) is 17.3 Å². The first-order valence-corrected chi connectivity index (χ1v) is 7.17. The quantitative estimate of drug-likeness (QED) is 0.538. The third kappa shape index (κ3) is 3.24. The lowest BCUT2D eigenvalue weighted by Gasteiger charge is -2.18. The summed E-state index contributed by atoms with van der Waals surface area (Å²) in [6, 6.07) is 3.18. The van der Waals surface area contributed by atoms with E-state index in [0.717, 1.165) is 8.95 Å². The number of halogens is 3. The number of hydrogen-bond donors (Lipinski definition) is 3. The van der Waals surface area contributed by atoms with E-state index in [1.807, 2.05) is 6.07 Å². The Labute approximate surface area is 132 Å². The molecule has 2 aromatic heterocycles. The van der Waals surface area contributed by atoms with E-state index in [2.05, 4.69) is 47.3 Å². The maximum absolute atomic E-state index is 5.94. The molecule has 0 aliphatic heterocycles. The molecule has 0 aromatic carbocycles. The van der Waals surface area contributed by atoms with E-state index >= 15 is 0 Å². The summed E-state index contributed by atoms with van der Waals surface area (Å²) >= 11 is 12.7. The van der Waals surface area contributed by atoms with Crippen molar-refractivity contribution < 1.29 is 0 Å². The van der Waals surface area contributed by atoms with Gasteiger partial charge >= 0.3 is 0 Å². The fraction of sp³-hybridized carbons (Fsp3) is 0.0909. The molecule has 0 radical (unpaired) electrons. The molecular weight excluding hydrogens is 397 g/mol. The van der Waals surface area contributed by atoms with Gasteiger partial charge in [0.1, 0.15) is 5.82 Å². The zero-order valence-electron chi connectivity index (χ0n) is 9.57. The number of aromatic nitrogens is 2. The Balaban J connectivity index is 2.52. The third-order valence-corrected chi connectivity index (χ3v) is 3.78. The maximum atomic E-state index is 5.94. The van der Waals surface area contributed by atoms with E-state index in [1.165, 1.54) is 6.20 Å². The minimum Gasteiger partial charge on any atom is -0.383 e. The highest BCUT2D eigenvalue weighted by Gasteiger charge is 2.20. The minimum atomic E-state index is -0.409. The maximum Gasteiger partial charge on any atom is 0.128 e. The molecule has 1 unspecified atom stereocenters. The Bertz CT molecular complexity index is 608. The van der Waals surface area contributed by atoms with Crippen LogP contribution in [0.25, 0.3) is 0 Å². The second-order valence-corrected chi connectivity index (χ2v) is 5.95. The lowest BCUT2D eigenvalue weighted by atomic mass is 10.0. The lowest BCUT2D eigenvalue weighted by molar-refractivity contribution is 0.617. The Morgan fingerprint density at radius 1 is 1.21 bits per heavy atom. The smallest absolute Gasteiger partial charge is 0.128 e. The normalized spacial score (nSPS) is 12.4. The van der Waals surface area contributed by atoms with Crippen LogP contribution in [0, 0.1) is 0 Å². The van der Waals surface area contributed by atoms with Gasteiger partial charge in [-0.3, -0.25) is 10.8 Å². The molecule has 0 saturated carbocycles. The summed E-state index contributed by atoms with van der Waals surface area (Å²) in [6.07, 6.45) is 3.16. The van der Waals surface area contributed by atoms with Gasteiger partial charge in [-0.25, -0.2) is 10.4 Å². The molecule has 0 aliphatic carbocycles. The topological polar surface area (TPSA) is 89.8 Å². The van der Waals surface area contributed by atoms with Crippen molar-refractivity contribution >= 4 is 49.3 Å². The van der Waals surface area contributed by atoms with Crippen LogP contribution in [0.4, 0.5) is 5.82 Å². The number of nitrogens with zero attached hydrogens (tertiary/aromatic N) is 2. The minimum absolute atomic E-state index is 0.351. The van der Waals surface area contributed by atoms with Gasteiger partial charge in [0.15, 0.2) is 0 Å². The van der Waals surface area contributed by atoms with Crippen molar-refractivity contribution in [2.24, 2.45) is 5.84 Å². The molecule has 5 N–H and O–H groups in total. The first-order valence-electron chi connectivity index (χ1n) is 5.21. The zero-order valence-corrected chi connectivity index (χ0v) is 13.5. The molecule has 0 fully saturated rings. The Morgan fingerprint density at radius 2 is 1.95 bits per heavy atom. The average molecular weight is 407 g/mol. The molecule has 2 rings (SSSR count). The Hall–Kier alpha value is -0.730. The van der Waals surface area contributed by atoms with E-state index in [4.69, 9.17) is 23.2 Å². The lowest BCUT2D eigenvalue weighted by Crippen LogP contribution is -2.30. The Kier molecular flexibility index (Phi) is 4.75. The molecule has 8 heteroatoms. The van der Waals surface area contributed by atoms with Gasteiger partial charge in [0.05, 0.1) is 16.8 Å². The molecule has 5 nitrogen and oxygen atoms in total. The fourth-order valence-electron chi connectivity index (χ4n) is 1.65. The number of nitrogen functional groups attached to an aromatic ring is 1. The predicted octanol–water partition coefficient (Wildman–Crippen LogP) is 2.79. The van der Waals surface area contributed by atoms with Crippen molar-refractivity contribution in [1.82, 2.24) is 15.4 Å². The van der Waals surface area contributed by atoms with Crippen molar-refractivity contribution in [2.45, 2.75) is 6.04 Å². The fourth-order valence-corrected chi connectivity index (χ4v) is 3.03. The van der Waals surface area contributed by atoms with Crippen LogP contribution in [-0.4, -0.2) is 9.97 Å². The van der Waals surface area contributed by atoms with Crippen molar-refractivity contribution in [3.8, 4) is 0 Å². The molecule has 0 saturated heterocycles. The molecule has 100 valence electrons. The highest BCUT2D eigenvalue weighted by molar-refractivity contribution is 9.11. The van der Waals surface area contributed by atoms with Crippen molar-refractivity contribution in [2.75, 3.05) is 5.73 Å². The summed E-state index contributed by atoms with van der Waals surface area (Å²) < 4.78 is 1.65. The largest absolute Gasteiger partial charge is 0.383 e. The molecule has 0 spiro atoms. The van der Waals surface area contributed by atoms with Crippen molar-refractivity contribution in [3.05, 3.63) is 49.8 Å². The van der Waals surface area contributed by atoms with Gasteiger partial charge in [-0.15, -0.1) is 0 Å². The van der Waals surface area contributed by atoms with Gasteiger partial charge in [-0.05, 0) is 44.0 Å². The molecule has 1 atom stereocenters. The zero-order chi connectivity index (χ0) is 14.0. The second-order valence-electron chi connectivity index (χ2n) is 3.75. The van der Waals surface area contributed by atoms with E-state index < -0.39 is 6.04 Å². The highest BCUT2D eigenvalue weighted by atomic mass is 79.9. The van der Waals surface area contributed by atoms with Crippen LogP contribution >= 0.6 is 43.5 Å². The summed E-state index contributed by atoms with van der Waals surface area (Å²) in [5, 5.41) is 0.484. The van der Waals surface area contributed by atoms with Gasteiger partial charge in [0, 0.05) is 26.9 Å². The van der Waals surface area contributed by atoms with E-state index in [-0.39, 0.29) is 0 Å². The van der Waals surface area contributed by atoms with Crippen LogP contribution in [0.15, 0.2) is 33.5 Å². The van der Waals surface area contributed by atoms with Crippen LogP contribution < -0.4 is 17.0 Å². The Morgan fingerprint density at radius 3 is 2.58 bits per heavy atom. The van der Waals surface area contributed by atoms with Gasteiger partial charge in [0.25, 0.3) is 0 Å². The van der Waals surface area contributed by atoms with Crippen LogP contribution in [0.3, 0.4) is 0 Å².